The molecule has 1 aromatic heterocycles. The van der Waals surface area contributed by atoms with Crippen LogP contribution < -0.4 is 0 Å². The molecule has 0 amide bonds. The highest BCUT2D eigenvalue weighted by Crippen LogP contribution is 2.55. The summed E-state index contributed by atoms with van der Waals surface area (Å²) in [7, 11) is 0. The van der Waals surface area contributed by atoms with Gasteiger partial charge in [-0.15, -0.1) is 0 Å². The maximum atomic E-state index is 5.44. The molecule has 1 aliphatic carbocycles. The molecule has 0 saturated heterocycles. The Morgan fingerprint density at radius 2 is 0.789 bits per heavy atom. The van der Waals surface area contributed by atoms with Gasteiger partial charge < -0.3 is 0 Å². The summed E-state index contributed by atoms with van der Waals surface area (Å²) in [6.45, 7) is 4.79. The normalized spacial score (nSPS) is 12.9. The fraction of sp³-hybridized carbons (Fsp3) is 0.0545. The SMILES string of the molecule is CC1(C)c2c(cccc2-c2ccc(-c3nc(-c4ccccc4)cc(-c4ccccc4-c4cccc5ccccc45)n3)c3ccccc23)-c2ccc3ccccc3c21. The van der Waals surface area contributed by atoms with Crippen molar-refractivity contribution in [3.63, 3.8) is 0 Å². The van der Waals surface area contributed by atoms with E-state index in [1.54, 1.807) is 0 Å². The van der Waals surface area contributed by atoms with Crippen molar-refractivity contribution >= 4 is 32.3 Å². The van der Waals surface area contributed by atoms with E-state index in [0.29, 0.717) is 5.82 Å². The zero-order valence-corrected chi connectivity index (χ0v) is 31.9. The molecule has 57 heavy (non-hydrogen) atoms. The molecule has 0 aliphatic heterocycles. The molecule has 2 nitrogen and oxygen atoms in total. The molecule has 1 heterocycles. The first-order chi connectivity index (χ1) is 28.0. The van der Waals surface area contributed by atoms with Crippen molar-refractivity contribution in [2.75, 3.05) is 0 Å². The van der Waals surface area contributed by atoms with Crippen LogP contribution in [0.25, 0.3) is 99.6 Å². The number of aromatic nitrogens is 2. The van der Waals surface area contributed by atoms with E-state index in [0.717, 1.165) is 39.0 Å². The maximum Gasteiger partial charge on any atom is 0.161 e. The zero-order chi connectivity index (χ0) is 38.1. The highest BCUT2D eigenvalue weighted by Gasteiger charge is 2.39. The van der Waals surface area contributed by atoms with Crippen LogP contribution in [0.4, 0.5) is 0 Å². The molecule has 10 aromatic rings. The van der Waals surface area contributed by atoms with Gasteiger partial charge in [0.25, 0.3) is 0 Å². The van der Waals surface area contributed by atoms with Crippen molar-refractivity contribution in [2.45, 2.75) is 19.3 Å². The fourth-order valence-electron chi connectivity index (χ4n) is 9.56. The second-order valence-corrected chi connectivity index (χ2v) is 15.7. The van der Waals surface area contributed by atoms with Crippen LogP contribution in [0.1, 0.15) is 25.0 Å². The number of hydrogen-bond acceptors (Lipinski definition) is 2. The first-order valence-electron chi connectivity index (χ1n) is 19.8. The van der Waals surface area contributed by atoms with Gasteiger partial charge in [0.15, 0.2) is 5.82 Å². The van der Waals surface area contributed by atoms with Crippen molar-refractivity contribution in [3.05, 3.63) is 205 Å². The van der Waals surface area contributed by atoms with Crippen LogP contribution in [0.5, 0.6) is 0 Å². The van der Waals surface area contributed by atoms with E-state index >= 15 is 0 Å². The number of nitrogens with zero attached hydrogens (tertiary/aromatic N) is 2. The minimum Gasteiger partial charge on any atom is -0.228 e. The standard InChI is InChI=1S/C55H38N2/c1-55(2)52-39-22-9-7-17-36(39)30-31-48(52)47-29-15-28-46(53(47)55)44-32-33-49(43-25-11-10-23-41(43)44)54-56-50(37-18-4-3-5-19-37)34-51(57-54)45-26-13-12-24-42(45)40-27-14-20-35-16-6-8-21-38(35)40/h3-34H,1-2H3. The Labute approximate surface area is 332 Å². The summed E-state index contributed by atoms with van der Waals surface area (Å²) in [5.74, 6) is 0.708. The van der Waals surface area contributed by atoms with E-state index in [4.69, 9.17) is 9.97 Å². The van der Waals surface area contributed by atoms with E-state index < -0.39 is 0 Å². The molecule has 0 N–H and O–H groups in total. The summed E-state index contributed by atoms with van der Waals surface area (Å²) in [6, 6.07) is 70.0. The Balaban J connectivity index is 1.11. The Hall–Kier alpha value is -7.16. The molecule has 1 aliphatic rings. The number of hydrogen-bond donors (Lipinski definition) is 0. The van der Waals surface area contributed by atoms with Gasteiger partial charge >= 0.3 is 0 Å². The van der Waals surface area contributed by atoms with E-state index in [1.807, 2.05) is 0 Å². The van der Waals surface area contributed by atoms with Crippen LogP contribution in [0.2, 0.25) is 0 Å². The molecule has 268 valence electrons. The molecule has 0 saturated carbocycles. The molecule has 2 heteroatoms. The fourth-order valence-corrected chi connectivity index (χ4v) is 9.56. The summed E-state index contributed by atoms with van der Waals surface area (Å²) >= 11 is 0. The Morgan fingerprint density at radius 1 is 0.316 bits per heavy atom. The summed E-state index contributed by atoms with van der Waals surface area (Å²) < 4.78 is 0. The number of rotatable bonds is 5. The predicted molar refractivity (Wildman–Crippen MR) is 239 cm³/mol. The largest absolute Gasteiger partial charge is 0.228 e. The molecular weight excluding hydrogens is 689 g/mol. The zero-order valence-electron chi connectivity index (χ0n) is 31.9. The third-order valence-electron chi connectivity index (χ3n) is 12.1. The van der Waals surface area contributed by atoms with Crippen LogP contribution in [0.15, 0.2) is 194 Å². The van der Waals surface area contributed by atoms with Gasteiger partial charge in [-0.05, 0) is 89.0 Å². The van der Waals surface area contributed by atoms with E-state index in [-0.39, 0.29) is 5.41 Å². The topological polar surface area (TPSA) is 25.8 Å². The minimum atomic E-state index is -0.193. The molecule has 0 radical (unpaired) electrons. The molecule has 0 atom stereocenters. The first-order valence-corrected chi connectivity index (χ1v) is 19.8. The van der Waals surface area contributed by atoms with Gasteiger partial charge in [0.05, 0.1) is 11.4 Å². The van der Waals surface area contributed by atoms with Gasteiger partial charge in [-0.3, -0.25) is 0 Å². The van der Waals surface area contributed by atoms with Crippen LogP contribution in [0, 0.1) is 0 Å². The van der Waals surface area contributed by atoms with E-state index in [9.17, 15) is 0 Å². The molecule has 11 rings (SSSR count). The average molecular weight is 727 g/mol. The van der Waals surface area contributed by atoms with Crippen molar-refractivity contribution in [1.82, 2.24) is 9.97 Å². The second kappa shape index (κ2) is 13.0. The Bertz CT molecular complexity index is 3210. The number of fused-ring (bicyclic) bond motifs is 7. The maximum absolute atomic E-state index is 5.44. The predicted octanol–water partition coefficient (Wildman–Crippen LogP) is 14.6. The third kappa shape index (κ3) is 5.25. The Kier molecular flexibility index (Phi) is 7.55. The lowest BCUT2D eigenvalue weighted by atomic mass is 9.77. The minimum absolute atomic E-state index is 0.193. The van der Waals surface area contributed by atoms with Crippen molar-refractivity contribution < 1.29 is 0 Å². The molecule has 0 unspecified atom stereocenters. The number of benzene rings is 9. The van der Waals surface area contributed by atoms with Gasteiger partial charge in [-0.1, -0.05) is 196 Å². The van der Waals surface area contributed by atoms with E-state index in [2.05, 4.69) is 208 Å². The molecule has 9 aromatic carbocycles. The van der Waals surface area contributed by atoms with Crippen LogP contribution in [-0.2, 0) is 5.41 Å². The lowest BCUT2D eigenvalue weighted by molar-refractivity contribution is 0.668. The average Bonchev–Trinajstić information content (AvgIpc) is 3.52. The van der Waals surface area contributed by atoms with Gasteiger partial charge in [-0.2, -0.15) is 0 Å². The highest BCUT2D eigenvalue weighted by molar-refractivity contribution is 6.07. The monoisotopic (exact) mass is 726 g/mol. The quantitative estimate of drug-likeness (QED) is 0.176. The molecule has 0 spiro atoms. The first kappa shape index (κ1) is 33.2. The summed E-state index contributed by atoms with van der Waals surface area (Å²) in [5, 5.41) is 7.37. The van der Waals surface area contributed by atoms with E-state index in [1.165, 1.54) is 65.9 Å². The van der Waals surface area contributed by atoms with Gasteiger partial charge in [0.2, 0.25) is 0 Å². The third-order valence-corrected chi connectivity index (χ3v) is 12.1. The van der Waals surface area contributed by atoms with Crippen molar-refractivity contribution in [2.24, 2.45) is 0 Å². The molecular formula is C55H38N2. The van der Waals surface area contributed by atoms with Crippen LogP contribution in [0.3, 0.4) is 0 Å². The summed E-state index contributed by atoms with van der Waals surface area (Å²) in [5.41, 5.74) is 15.0. The lowest BCUT2D eigenvalue weighted by Crippen LogP contribution is -2.17. The van der Waals surface area contributed by atoms with Crippen molar-refractivity contribution in [1.29, 1.82) is 0 Å². The van der Waals surface area contributed by atoms with Gasteiger partial charge in [-0.25, -0.2) is 9.97 Å². The smallest absolute Gasteiger partial charge is 0.161 e. The molecule has 0 fully saturated rings. The second-order valence-electron chi connectivity index (χ2n) is 15.7. The van der Waals surface area contributed by atoms with Crippen molar-refractivity contribution in [3.8, 4) is 67.3 Å². The van der Waals surface area contributed by atoms with Gasteiger partial charge in [0, 0.05) is 22.1 Å². The van der Waals surface area contributed by atoms with Gasteiger partial charge in [0.1, 0.15) is 0 Å². The van der Waals surface area contributed by atoms with Crippen LogP contribution in [-0.4, -0.2) is 9.97 Å². The lowest BCUT2D eigenvalue weighted by Gasteiger charge is -2.26. The van der Waals surface area contributed by atoms with Crippen LogP contribution >= 0.6 is 0 Å². The summed E-state index contributed by atoms with van der Waals surface area (Å²) in [6.07, 6.45) is 0. The highest BCUT2D eigenvalue weighted by atomic mass is 14.9. The Morgan fingerprint density at radius 3 is 1.58 bits per heavy atom. The summed E-state index contributed by atoms with van der Waals surface area (Å²) in [4.78, 5) is 10.8. The molecule has 0 bridgehead atoms.